The number of aliphatic hydroxyl groups is 9. The number of phosphoric ester groups is 2. The van der Waals surface area contributed by atoms with Crippen molar-refractivity contribution in [3.05, 3.63) is 35.9 Å². The first-order valence-corrected chi connectivity index (χ1v) is 22.0. The van der Waals surface area contributed by atoms with Crippen LogP contribution in [0.3, 0.4) is 0 Å². The van der Waals surface area contributed by atoms with Crippen molar-refractivity contribution in [1.29, 1.82) is 0 Å². The molecule has 1 aromatic carbocycles. The maximum atomic E-state index is 14.2. The third kappa shape index (κ3) is 16.1. The van der Waals surface area contributed by atoms with Crippen LogP contribution >= 0.6 is 15.6 Å². The molecule has 0 aliphatic carbocycles. The first-order chi connectivity index (χ1) is 28.6. The second-order valence-electron chi connectivity index (χ2n) is 13.7. The Morgan fingerprint density at radius 1 is 0.667 bits per heavy atom. The smallest absolute Gasteiger partial charge is 0.394 e. The van der Waals surface area contributed by atoms with Gasteiger partial charge in [0.05, 0.1) is 52.9 Å². The molecule has 0 radical (unpaired) electrons. The Labute approximate surface area is 346 Å². The van der Waals surface area contributed by atoms with Crippen LogP contribution in [0.5, 0.6) is 0 Å². The fraction of sp³-hybridized carbons (Fsp3) is 0.824. The van der Waals surface area contributed by atoms with Gasteiger partial charge in [-0.05, 0) is 31.4 Å². The molecule has 0 aromatic heterocycles. The lowest BCUT2D eigenvalue weighted by Crippen LogP contribution is -2.44. The highest BCUT2D eigenvalue weighted by molar-refractivity contribution is 7.48. The summed E-state index contributed by atoms with van der Waals surface area (Å²) >= 11 is 0. The van der Waals surface area contributed by atoms with E-state index in [9.17, 15) is 54.9 Å². The van der Waals surface area contributed by atoms with Crippen LogP contribution in [0.4, 0.5) is 0 Å². The number of hydrogen-bond donors (Lipinski definition) is 11. The van der Waals surface area contributed by atoms with E-state index in [-0.39, 0.29) is 13.2 Å². The molecule has 60 heavy (non-hydrogen) atoms. The average molecular weight is 914 g/mol. The molecule has 0 amide bonds. The van der Waals surface area contributed by atoms with Gasteiger partial charge in [0.25, 0.3) is 0 Å². The summed E-state index contributed by atoms with van der Waals surface area (Å²) in [5.74, 6) is 0. The van der Waals surface area contributed by atoms with Crippen molar-refractivity contribution < 1.29 is 111 Å². The van der Waals surface area contributed by atoms with E-state index in [2.05, 4.69) is 0 Å². The molecule has 10 unspecified atom stereocenters. The minimum Gasteiger partial charge on any atom is -0.394 e. The van der Waals surface area contributed by atoms with Gasteiger partial charge in [0.1, 0.15) is 73.2 Å². The van der Waals surface area contributed by atoms with Crippen LogP contribution in [-0.4, -0.2) is 204 Å². The lowest BCUT2D eigenvalue weighted by atomic mass is 10.1. The molecule has 2 heterocycles. The van der Waals surface area contributed by atoms with Crippen LogP contribution in [0.15, 0.2) is 30.3 Å². The molecule has 2 saturated heterocycles. The average Bonchev–Trinajstić information content (AvgIpc) is 3.76. The normalized spacial score (nSPS) is 29.7. The van der Waals surface area contributed by atoms with E-state index in [1.165, 1.54) is 14.2 Å². The van der Waals surface area contributed by atoms with Crippen LogP contribution in [0.1, 0.15) is 24.8 Å². The summed E-state index contributed by atoms with van der Waals surface area (Å²) in [7, 11) is -7.12. The number of rotatable bonds is 31. The van der Waals surface area contributed by atoms with Gasteiger partial charge in [-0.1, -0.05) is 30.3 Å². The van der Waals surface area contributed by atoms with Crippen molar-refractivity contribution in [2.24, 2.45) is 5.73 Å². The molecule has 24 nitrogen and oxygen atoms in total. The maximum absolute atomic E-state index is 14.2. The second kappa shape index (κ2) is 26.6. The monoisotopic (exact) mass is 913 g/mol. The highest BCUT2D eigenvalue weighted by atomic mass is 31.2. The molecule has 1 aromatic rings. The minimum atomic E-state index is -4.84. The zero-order valence-corrected chi connectivity index (χ0v) is 35.0. The second-order valence-corrected chi connectivity index (χ2v) is 16.8. The fourth-order valence-electron chi connectivity index (χ4n) is 5.93. The Kier molecular flexibility index (Phi) is 23.5. The van der Waals surface area contributed by atoms with Gasteiger partial charge >= 0.3 is 15.6 Å². The van der Waals surface area contributed by atoms with Gasteiger partial charge in [-0.25, -0.2) is 9.13 Å². The van der Waals surface area contributed by atoms with Gasteiger partial charge < -0.3 is 85.0 Å². The number of nitrogens with two attached hydrogens (primary N) is 1. The molecule has 12 N–H and O–H groups in total. The molecule has 0 spiro atoms. The fourth-order valence-corrected chi connectivity index (χ4v) is 8.31. The Morgan fingerprint density at radius 2 is 1.18 bits per heavy atom. The molecule has 16 atom stereocenters. The van der Waals surface area contributed by atoms with Crippen molar-refractivity contribution in [1.82, 2.24) is 0 Å². The van der Waals surface area contributed by atoms with Gasteiger partial charge in [-0.15, -0.1) is 0 Å². The van der Waals surface area contributed by atoms with Crippen molar-refractivity contribution in [3.8, 4) is 0 Å². The number of benzene rings is 1. The van der Waals surface area contributed by atoms with E-state index in [1.54, 1.807) is 30.3 Å². The van der Waals surface area contributed by atoms with Crippen molar-refractivity contribution >= 4 is 15.6 Å². The Morgan fingerprint density at radius 3 is 1.68 bits per heavy atom. The van der Waals surface area contributed by atoms with Crippen LogP contribution in [0.25, 0.3) is 0 Å². The van der Waals surface area contributed by atoms with E-state index < -0.39 is 141 Å². The van der Waals surface area contributed by atoms with Crippen LogP contribution in [-0.2, 0) is 66.8 Å². The van der Waals surface area contributed by atoms with E-state index in [1.807, 2.05) is 0 Å². The minimum absolute atomic E-state index is 0.112. The van der Waals surface area contributed by atoms with Crippen molar-refractivity contribution in [3.63, 3.8) is 0 Å². The number of unbranched alkanes of at least 4 members (excludes halogenated alkanes) is 2. The summed E-state index contributed by atoms with van der Waals surface area (Å²) in [5, 5.41) is 91.1. The van der Waals surface area contributed by atoms with Crippen LogP contribution < -0.4 is 5.73 Å². The van der Waals surface area contributed by atoms with E-state index in [0.717, 1.165) is 0 Å². The number of methoxy groups -OCH3 is 2. The first kappa shape index (κ1) is 53.1. The zero-order valence-electron chi connectivity index (χ0n) is 33.2. The van der Waals surface area contributed by atoms with Crippen LogP contribution in [0, 0.1) is 0 Å². The lowest BCUT2D eigenvalue weighted by Gasteiger charge is -2.29. The van der Waals surface area contributed by atoms with Gasteiger partial charge in [0.2, 0.25) is 0 Å². The molecule has 350 valence electrons. The standard InChI is InChI=1S/C34H61NO23P2/c1-48-31-29(57-59(45,46)52-12-8-4-7-11-35)25(14-37)55-33(31)51-18-23(41)28(44)24(42)19-54-60(47,53-16-20-9-5-3-6-10-20)58-30-26(15-38)56-34(32(30)49-2)50-17-22(40)27(43)21(39)13-36/h3,5-6,9-10,21-34,36-44H,4,7-8,11-19,35H2,1-2H3,(H,45,46)/t21?,22?,23?,24?,25-,26-,27?,28?,29?,30?,31+,32+,33-,34-,60?/m1/s1. The Hall–Kier alpha value is -1.20. The van der Waals surface area contributed by atoms with Crippen molar-refractivity contribution in [2.45, 2.75) is 112 Å². The van der Waals surface area contributed by atoms with Gasteiger partial charge in [-0.3, -0.25) is 22.6 Å². The molecular weight excluding hydrogens is 852 g/mol. The van der Waals surface area contributed by atoms with Crippen LogP contribution in [0.2, 0.25) is 0 Å². The lowest BCUT2D eigenvalue weighted by molar-refractivity contribution is -0.198. The molecule has 2 aliphatic heterocycles. The highest BCUT2D eigenvalue weighted by Crippen LogP contribution is 2.54. The molecule has 26 heteroatoms. The topological polar surface area (TPSA) is 364 Å². The Bertz CT molecular complexity index is 1420. The first-order valence-electron chi connectivity index (χ1n) is 19.0. The summed E-state index contributed by atoms with van der Waals surface area (Å²) in [6, 6.07) is 8.32. The van der Waals surface area contributed by atoms with Gasteiger partial charge in [0.15, 0.2) is 12.6 Å². The summed E-state index contributed by atoms with van der Waals surface area (Å²) in [5.41, 5.74) is 5.95. The van der Waals surface area contributed by atoms with Gasteiger partial charge in [0, 0.05) is 14.2 Å². The van der Waals surface area contributed by atoms with E-state index in [4.69, 9.17) is 61.9 Å². The predicted octanol–water partition coefficient (Wildman–Crippen LogP) is -3.00. The van der Waals surface area contributed by atoms with E-state index in [0.29, 0.717) is 31.4 Å². The molecule has 2 fully saturated rings. The number of hydrogen-bond acceptors (Lipinski definition) is 23. The maximum Gasteiger partial charge on any atom is 0.475 e. The largest absolute Gasteiger partial charge is 0.475 e. The Balaban J connectivity index is 1.65. The molecule has 0 saturated carbocycles. The van der Waals surface area contributed by atoms with Crippen molar-refractivity contribution in [2.75, 3.05) is 67.0 Å². The summed E-state index contributed by atoms with van der Waals surface area (Å²) in [6.45, 7) is -4.74. The summed E-state index contributed by atoms with van der Waals surface area (Å²) in [4.78, 5) is 10.3. The molecule has 0 bridgehead atoms. The summed E-state index contributed by atoms with van der Waals surface area (Å²) in [6.07, 6.45) is -20.1. The third-order valence-corrected chi connectivity index (χ3v) is 11.7. The van der Waals surface area contributed by atoms with E-state index >= 15 is 0 Å². The SMILES string of the molecule is CO[C@H]1C(OP(=O)(O)OCCCCCN)[C@@H](CO)O[C@H]1OCC(O)C(O)C(O)COP(=O)(OCc1ccccc1)OC1[C@@H](CO)O[C@@H](OCC(O)C(O)C(O)CO)[C@H]1OC. The molecule has 2 aliphatic rings. The molecular formula is C34H61NO23P2. The number of ether oxygens (including phenoxy) is 6. The number of phosphoric acid groups is 2. The zero-order chi connectivity index (χ0) is 44.5. The summed E-state index contributed by atoms with van der Waals surface area (Å²) < 4.78 is 86.8. The number of aliphatic hydroxyl groups excluding tert-OH is 9. The predicted molar refractivity (Wildman–Crippen MR) is 201 cm³/mol. The molecule has 3 rings (SSSR count). The highest BCUT2D eigenvalue weighted by Gasteiger charge is 2.52. The van der Waals surface area contributed by atoms with Gasteiger partial charge in [-0.2, -0.15) is 0 Å². The quantitative estimate of drug-likeness (QED) is 0.0261. The third-order valence-electron chi connectivity index (χ3n) is 9.31.